The van der Waals surface area contributed by atoms with Crippen LogP contribution in [0.2, 0.25) is 0 Å². The van der Waals surface area contributed by atoms with Crippen LogP contribution in [-0.2, 0) is 0 Å². The zero-order chi connectivity index (χ0) is 21.1. The highest BCUT2D eigenvalue weighted by Crippen LogP contribution is 2.41. The van der Waals surface area contributed by atoms with Crippen LogP contribution in [-0.4, -0.2) is 14.5 Å². The third-order valence-electron chi connectivity index (χ3n) is 6.10. The molecule has 0 unspecified atom stereocenters. The van der Waals surface area contributed by atoms with E-state index < -0.39 is 0 Å². The lowest BCUT2D eigenvalue weighted by molar-refractivity contribution is 1.18. The first-order chi connectivity index (χ1) is 15.9. The zero-order valence-electron chi connectivity index (χ0n) is 17.1. The molecule has 0 saturated carbocycles. The molecule has 0 amide bonds. The van der Waals surface area contributed by atoms with Gasteiger partial charge in [0.15, 0.2) is 0 Å². The second kappa shape index (κ2) is 6.74. The van der Waals surface area contributed by atoms with E-state index in [1.807, 2.05) is 30.6 Å². The molecule has 0 aliphatic carbocycles. The number of aromatic nitrogens is 3. The highest BCUT2D eigenvalue weighted by atomic mass is 32.1. The predicted octanol–water partition coefficient (Wildman–Crippen LogP) is 7.61. The molecule has 7 aromatic rings. The van der Waals surface area contributed by atoms with E-state index >= 15 is 0 Å². The molecule has 0 spiro atoms. The summed E-state index contributed by atoms with van der Waals surface area (Å²) in [6, 6.07) is 31.9. The Morgan fingerprint density at radius 1 is 0.656 bits per heavy atom. The quantitative estimate of drug-likeness (QED) is 0.284. The second-order valence-electron chi connectivity index (χ2n) is 7.91. The molecule has 0 saturated heterocycles. The first kappa shape index (κ1) is 17.6. The van der Waals surface area contributed by atoms with Crippen LogP contribution >= 0.6 is 11.3 Å². The summed E-state index contributed by atoms with van der Waals surface area (Å²) in [6.07, 6.45) is 3.86. The predicted molar refractivity (Wildman–Crippen MR) is 135 cm³/mol. The molecule has 4 heterocycles. The molecule has 0 bridgehead atoms. The number of rotatable bonds is 2. The van der Waals surface area contributed by atoms with Gasteiger partial charge in [0.2, 0.25) is 0 Å². The maximum absolute atomic E-state index is 4.92. The number of hydrogen-bond donors (Lipinski definition) is 0. The van der Waals surface area contributed by atoms with Crippen LogP contribution < -0.4 is 0 Å². The maximum Gasteiger partial charge on any atom is 0.0971 e. The second-order valence-corrected chi connectivity index (χ2v) is 8.99. The van der Waals surface area contributed by atoms with Gasteiger partial charge in [-0.15, -0.1) is 11.3 Å². The van der Waals surface area contributed by atoms with Crippen molar-refractivity contribution in [3.63, 3.8) is 0 Å². The summed E-state index contributed by atoms with van der Waals surface area (Å²) >= 11 is 1.81. The van der Waals surface area contributed by atoms with Crippen molar-refractivity contribution in [3.05, 3.63) is 103 Å². The van der Waals surface area contributed by atoms with Crippen molar-refractivity contribution in [2.75, 3.05) is 0 Å². The van der Waals surface area contributed by atoms with Crippen LogP contribution in [0.5, 0.6) is 0 Å². The van der Waals surface area contributed by atoms with Crippen molar-refractivity contribution < 1.29 is 0 Å². The standard InChI is InChI=1S/C28H17N3S/c1-3-10-23-20(7-1)27-28(26-21-8-2-4-11-24(21)32-25(26)17-30-27)31(23)19-14-12-18(13-15-19)22-9-5-6-16-29-22/h1-17H. The van der Waals surface area contributed by atoms with Gasteiger partial charge in [0.25, 0.3) is 0 Å². The van der Waals surface area contributed by atoms with Crippen molar-refractivity contribution in [3.8, 4) is 16.9 Å². The van der Waals surface area contributed by atoms with Crippen LogP contribution in [0.25, 0.3) is 59.1 Å². The summed E-state index contributed by atoms with van der Waals surface area (Å²) in [7, 11) is 0. The van der Waals surface area contributed by atoms with Gasteiger partial charge in [0.1, 0.15) is 0 Å². The van der Waals surface area contributed by atoms with Gasteiger partial charge in [-0.3, -0.25) is 9.97 Å². The third-order valence-corrected chi connectivity index (χ3v) is 7.21. The Balaban J connectivity index is 1.59. The van der Waals surface area contributed by atoms with Gasteiger partial charge in [-0.2, -0.15) is 0 Å². The van der Waals surface area contributed by atoms with Gasteiger partial charge in [0, 0.05) is 44.5 Å². The molecular weight excluding hydrogens is 410 g/mol. The van der Waals surface area contributed by atoms with Gasteiger partial charge in [0.05, 0.1) is 26.9 Å². The van der Waals surface area contributed by atoms with Gasteiger partial charge < -0.3 is 4.57 Å². The van der Waals surface area contributed by atoms with Crippen LogP contribution in [0.1, 0.15) is 0 Å². The molecule has 150 valence electrons. The van der Waals surface area contributed by atoms with Crippen molar-refractivity contribution in [1.29, 1.82) is 0 Å². The fourth-order valence-corrected chi connectivity index (χ4v) is 5.77. The number of para-hydroxylation sites is 1. The number of hydrogen-bond acceptors (Lipinski definition) is 3. The van der Waals surface area contributed by atoms with Gasteiger partial charge in [-0.25, -0.2) is 0 Å². The molecule has 32 heavy (non-hydrogen) atoms. The van der Waals surface area contributed by atoms with E-state index in [1.165, 1.54) is 36.6 Å². The maximum atomic E-state index is 4.92. The van der Waals surface area contributed by atoms with Gasteiger partial charge in [-0.05, 0) is 36.4 Å². The van der Waals surface area contributed by atoms with E-state index in [9.17, 15) is 0 Å². The fraction of sp³-hybridized carbons (Fsp3) is 0. The van der Waals surface area contributed by atoms with E-state index in [0.717, 1.165) is 22.5 Å². The highest BCUT2D eigenvalue weighted by molar-refractivity contribution is 7.26. The molecular formula is C28H17N3S. The summed E-state index contributed by atoms with van der Waals surface area (Å²) in [4.78, 5) is 9.42. The minimum atomic E-state index is 0.981. The van der Waals surface area contributed by atoms with Gasteiger partial charge in [-0.1, -0.05) is 54.6 Å². The first-order valence-corrected chi connectivity index (χ1v) is 11.4. The lowest BCUT2D eigenvalue weighted by atomic mass is 10.1. The topological polar surface area (TPSA) is 30.7 Å². The van der Waals surface area contributed by atoms with E-state index in [4.69, 9.17) is 4.98 Å². The number of pyridine rings is 2. The average molecular weight is 428 g/mol. The van der Waals surface area contributed by atoms with Crippen molar-refractivity contribution in [2.24, 2.45) is 0 Å². The molecule has 4 heteroatoms. The Morgan fingerprint density at radius 3 is 2.28 bits per heavy atom. The molecule has 0 aliphatic rings. The van der Waals surface area contributed by atoms with Crippen LogP contribution in [0.3, 0.4) is 0 Å². The Hall–Kier alpha value is -4.02. The lowest BCUT2D eigenvalue weighted by Crippen LogP contribution is -1.94. The summed E-state index contributed by atoms with van der Waals surface area (Å²) < 4.78 is 4.87. The fourth-order valence-electron chi connectivity index (χ4n) is 4.69. The Kier molecular flexibility index (Phi) is 3.72. The molecule has 0 fully saturated rings. The molecule has 0 aliphatic heterocycles. The zero-order valence-corrected chi connectivity index (χ0v) is 17.9. The lowest BCUT2D eigenvalue weighted by Gasteiger charge is -2.10. The first-order valence-electron chi connectivity index (χ1n) is 10.6. The highest BCUT2D eigenvalue weighted by Gasteiger charge is 2.18. The minimum Gasteiger partial charge on any atom is -0.307 e. The van der Waals surface area contributed by atoms with Crippen LogP contribution in [0.15, 0.2) is 103 Å². The Morgan fingerprint density at radius 2 is 1.44 bits per heavy atom. The number of benzene rings is 3. The van der Waals surface area contributed by atoms with Crippen molar-refractivity contribution in [2.45, 2.75) is 0 Å². The largest absolute Gasteiger partial charge is 0.307 e. The monoisotopic (exact) mass is 427 g/mol. The number of thiophene rings is 1. The van der Waals surface area contributed by atoms with Gasteiger partial charge >= 0.3 is 0 Å². The third kappa shape index (κ3) is 2.47. The minimum absolute atomic E-state index is 0.981. The Labute approximate surface area is 188 Å². The molecule has 4 aromatic heterocycles. The SMILES string of the molecule is c1ccc(-c2ccc(-n3c4ccccc4c4ncc5sc6ccccc6c5c43)cc2)nc1. The molecule has 0 N–H and O–H groups in total. The summed E-state index contributed by atoms with van der Waals surface area (Å²) in [6.45, 7) is 0. The van der Waals surface area contributed by atoms with Crippen molar-refractivity contribution in [1.82, 2.24) is 14.5 Å². The summed E-state index contributed by atoms with van der Waals surface area (Å²) in [5, 5.41) is 3.74. The summed E-state index contributed by atoms with van der Waals surface area (Å²) in [5.41, 5.74) is 6.61. The molecule has 0 radical (unpaired) electrons. The summed E-state index contributed by atoms with van der Waals surface area (Å²) in [5.74, 6) is 0. The smallest absolute Gasteiger partial charge is 0.0971 e. The average Bonchev–Trinajstić information content (AvgIpc) is 3.40. The molecule has 3 nitrogen and oxygen atoms in total. The number of fused-ring (bicyclic) bond motifs is 7. The van der Waals surface area contributed by atoms with E-state index in [1.54, 1.807) is 11.3 Å². The molecule has 7 rings (SSSR count). The van der Waals surface area contributed by atoms with Crippen LogP contribution in [0, 0.1) is 0 Å². The van der Waals surface area contributed by atoms with E-state index in [2.05, 4.69) is 82.3 Å². The number of nitrogens with zero attached hydrogens (tertiary/aromatic N) is 3. The molecule has 0 atom stereocenters. The Bertz CT molecular complexity index is 1760. The van der Waals surface area contributed by atoms with E-state index in [-0.39, 0.29) is 0 Å². The normalized spacial score (nSPS) is 11.8. The van der Waals surface area contributed by atoms with E-state index in [0.29, 0.717) is 0 Å². The van der Waals surface area contributed by atoms with Crippen molar-refractivity contribution >= 4 is 53.4 Å². The van der Waals surface area contributed by atoms with Crippen LogP contribution in [0.4, 0.5) is 0 Å². The molecule has 3 aromatic carbocycles.